The molecule has 0 N–H and O–H groups in total. The average molecular weight is 250 g/mol. The van der Waals surface area contributed by atoms with Gasteiger partial charge in [0.05, 0.1) is 11.7 Å². The molecule has 0 bridgehead atoms. The van der Waals surface area contributed by atoms with Crippen LogP contribution in [-0.2, 0) is 16.8 Å². The highest BCUT2D eigenvalue weighted by Gasteiger charge is 2.55. The van der Waals surface area contributed by atoms with Gasteiger partial charge >= 0.3 is 0 Å². The molecule has 0 amide bonds. The maximum absolute atomic E-state index is 6.34. The Morgan fingerprint density at radius 1 is 1.00 bits per heavy atom. The van der Waals surface area contributed by atoms with Crippen LogP contribution in [0.25, 0.3) is 0 Å². The summed E-state index contributed by atoms with van der Waals surface area (Å²) in [5, 5.41) is 0. The van der Waals surface area contributed by atoms with Crippen molar-refractivity contribution in [2.45, 2.75) is 31.5 Å². The van der Waals surface area contributed by atoms with E-state index >= 15 is 0 Å². The molecule has 3 atom stereocenters. The van der Waals surface area contributed by atoms with Gasteiger partial charge in [0.15, 0.2) is 0 Å². The van der Waals surface area contributed by atoms with E-state index in [9.17, 15) is 0 Å². The van der Waals surface area contributed by atoms with E-state index in [4.69, 9.17) is 4.74 Å². The Morgan fingerprint density at radius 2 is 1.74 bits per heavy atom. The van der Waals surface area contributed by atoms with Gasteiger partial charge in [0, 0.05) is 5.92 Å². The maximum Gasteiger partial charge on any atom is 0.0970 e. The van der Waals surface area contributed by atoms with Crippen LogP contribution in [0, 0.1) is 5.92 Å². The molecule has 2 aromatic carbocycles. The molecule has 2 aliphatic rings. The zero-order chi connectivity index (χ0) is 12.9. The van der Waals surface area contributed by atoms with Gasteiger partial charge in [-0.15, -0.1) is 0 Å². The van der Waals surface area contributed by atoms with E-state index in [-0.39, 0.29) is 11.7 Å². The molecule has 1 aliphatic heterocycles. The zero-order valence-corrected chi connectivity index (χ0v) is 11.2. The van der Waals surface area contributed by atoms with Crippen LogP contribution in [0.2, 0.25) is 0 Å². The molecule has 0 spiro atoms. The van der Waals surface area contributed by atoms with Gasteiger partial charge in [-0.2, -0.15) is 0 Å². The predicted octanol–water partition coefficient (Wildman–Crippen LogP) is 4.24. The third-order valence-electron chi connectivity index (χ3n) is 4.85. The highest BCUT2D eigenvalue weighted by molar-refractivity contribution is 5.39. The van der Waals surface area contributed by atoms with Gasteiger partial charge in [0.2, 0.25) is 0 Å². The summed E-state index contributed by atoms with van der Waals surface area (Å²) in [6.07, 6.45) is 2.69. The highest BCUT2D eigenvalue weighted by Crippen LogP contribution is 2.59. The largest absolute Gasteiger partial charge is 0.362 e. The van der Waals surface area contributed by atoms with E-state index in [2.05, 4.69) is 61.5 Å². The van der Waals surface area contributed by atoms with Crippen LogP contribution in [0.15, 0.2) is 54.6 Å². The molecular weight excluding hydrogens is 232 g/mol. The summed E-state index contributed by atoms with van der Waals surface area (Å²) >= 11 is 0. The van der Waals surface area contributed by atoms with Crippen LogP contribution in [0.1, 0.15) is 36.1 Å². The van der Waals surface area contributed by atoms with Crippen molar-refractivity contribution in [1.82, 2.24) is 0 Å². The van der Waals surface area contributed by atoms with Crippen molar-refractivity contribution in [2.24, 2.45) is 5.92 Å². The Bertz CT molecular complexity index is 604. The summed E-state index contributed by atoms with van der Waals surface area (Å²) in [4.78, 5) is 0. The number of fused-ring (bicyclic) bond motifs is 3. The lowest BCUT2D eigenvalue weighted by Gasteiger charge is -2.56. The summed E-state index contributed by atoms with van der Waals surface area (Å²) in [7, 11) is 0. The number of rotatable bonds is 1. The van der Waals surface area contributed by atoms with Crippen LogP contribution in [0.5, 0.6) is 0 Å². The second-order valence-corrected chi connectivity index (χ2v) is 5.86. The van der Waals surface area contributed by atoms with Gasteiger partial charge in [-0.1, -0.05) is 54.6 Å². The maximum atomic E-state index is 6.34. The Hall–Kier alpha value is -1.60. The quantitative estimate of drug-likeness (QED) is 0.735. The molecule has 1 heteroatoms. The van der Waals surface area contributed by atoms with E-state index in [0.29, 0.717) is 5.92 Å². The van der Waals surface area contributed by atoms with Crippen LogP contribution in [-0.4, -0.2) is 0 Å². The molecule has 0 unspecified atom stereocenters. The van der Waals surface area contributed by atoms with Crippen LogP contribution in [0.3, 0.4) is 0 Å². The summed E-state index contributed by atoms with van der Waals surface area (Å²) in [5.41, 5.74) is 4.12. The zero-order valence-electron chi connectivity index (χ0n) is 11.2. The van der Waals surface area contributed by atoms with E-state index in [1.807, 2.05) is 0 Å². The van der Waals surface area contributed by atoms with Crippen molar-refractivity contribution in [3.05, 3.63) is 71.3 Å². The molecule has 96 valence electrons. The van der Waals surface area contributed by atoms with Crippen molar-refractivity contribution in [3.8, 4) is 0 Å². The lowest BCUT2D eigenvalue weighted by Crippen LogP contribution is -2.53. The minimum Gasteiger partial charge on any atom is -0.362 e. The lowest BCUT2D eigenvalue weighted by atomic mass is 9.64. The predicted molar refractivity (Wildman–Crippen MR) is 75.9 cm³/mol. The molecule has 19 heavy (non-hydrogen) atoms. The SMILES string of the molecule is C[C@@]12O[C@H](c3ccccc3)[C@@H]1CCc1ccccc12. The molecule has 1 aliphatic carbocycles. The van der Waals surface area contributed by atoms with E-state index < -0.39 is 0 Å². The van der Waals surface area contributed by atoms with Gasteiger partial charge in [-0.25, -0.2) is 0 Å². The van der Waals surface area contributed by atoms with Crippen molar-refractivity contribution in [1.29, 1.82) is 0 Å². The van der Waals surface area contributed by atoms with Crippen LogP contribution < -0.4 is 0 Å². The van der Waals surface area contributed by atoms with Gasteiger partial charge < -0.3 is 4.74 Å². The first-order valence-electron chi connectivity index (χ1n) is 7.10. The number of ether oxygens (including phenoxy) is 1. The average Bonchev–Trinajstić information content (AvgIpc) is 2.45. The molecule has 1 saturated heterocycles. The van der Waals surface area contributed by atoms with Crippen LogP contribution in [0.4, 0.5) is 0 Å². The van der Waals surface area contributed by atoms with Gasteiger partial charge in [0.25, 0.3) is 0 Å². The van der Waals surface area contributed by atoms with E-state index in [1.165, 1.54) is 29.5 Å². The van der Waals surface area contributed by atoms with Crippen molar-refractivity contribution >= 4 is 0 Å². The molecule has 0 aromatic heterocycles. The summed E-state index contributed by atoms with van der Waals surface area (Å²) < 4.78 is 6.34. The molecular formula is C18H18O. The molecule has 0 radical (unpaired) electrons. The third-order valence-corrected chi connectivity index (χ3v) is 4.85. The lowest BCUT2D eigenvalue weighted by molar-refractivity contribution is -0.271. The molecule has 1 nitrogen and oxygen atoms in total. The highest BCUT2D eigenvalue weighted by atomic mass is 16.5. The second-order valence-electron chi connectivity index (χ2n) is 5.86. The monoisotopic (exact) mass is 250 g/mol. The van der Waals surface area contributed by atoms with Gasteiger partial charge in [-0.05, 0) is 36.5 Å². The van der Waals surface area contributed by atoms with Crippen molar-refractivity contribution in [3.63, 3.8) is 0 Å². The summed E-state index contributed by atoms with van der Waals surface area (Å²) in [5.74, 6) is 0.616. The summed E-state index contributed by atoms with van der Waals surface area (Å²) in [6, 6.07) is 19.4. The summed E-state index contributed by atoms with van der Waals surface area (Å²) in [6.45, 7) is 2.26. The number of benzene rings is 2. The van der Waals surface area contributed by atoms with Crippen molar-refractivity contribution in [2.75, 3.05) is 0 Å². The number of aryl methyl sites for hydroxylation is 1. The molecule has 1 fully saturated rings. The fourth-order valence-corrected chi connectivity index (χ4v) is 3.82. The first-order valence-corrected chi connectivity index (χ1v) is 7.10. The van der Waals surface area contributed by atoms with Crippen molar-refractivity contribution < 1.29 is 4.74 Å². The molecule has 4 rings (SSSR count). The van der Waals surface area contributed by atoms with Gasteiger partial charge in [0.1, 0.15) is 0 Å². The first kappa shape index (κ1) is 11.2. The first-order chi connectivity index (χ1) is 9.29. The fraction of sp³-hybridized carbons (Fsp3) is 0.333. The number of hydrogen-bond acceptors (Lipinski definition) is 1. The van der Waals surface area contributed by atoms with Crippen LogP contribution >= 0.6 is 0 Å². The molecule has 1 heterocycles. The molecule has 0 saturated carbocycles. The second kappa shape index (κ2) is 3.94. The normalized spacial score (nSPS) is 32.1. The smallest absolute Gasteiger partial charge is 0.0970 e. The number of hydrogen-bond donors (Lipinski definition) is 0. The Morgan fingerprint density at radius 3 is 2.58 bits per heavy atom. The minimum absolute atomic E-state index is 0.0741. The Labute approximate surface area is 114 Å². The van der Waals surface area contributed by atoms with E-state index in [1.54, 1.807) is 0 Å². The topological polar surface area (TPSA) is 9.23 Å². The minimum atomic E-state index is -0.0741. The fourth-order valence-electron chi connectivity index (χ4n) is 3.82. The molecule has 2 aromatic rings. The Balaban J connectivity index is 1.71. The standard InChI is InChI=1S/C18H18O/c1-18-15-10-6-5-7-13(15)11-12-16(18)17(19-18)14-8-3-2-4-9-14/h2-10,16-17H,11-12H2,1H3/t16-,17+,18-/m0/s1. The third kappa shape index (κ3) is 1.51. The Kier molecular flexibility index (Phi) is 2.33. The van der Waals surface area contributed by atoms with E-state index in [0.717, 1.165) is 0 Å². The van der Waals surface area contributed by atoms with Gasteiger partial charge in [-0.3, -0.25) is 0 Å².